The lowest BCUT2D eigenvalue weighted by molar-refractivity contribution is 0.0950. The van der Waals surface area contributed by atoms with Crippen molar-refractivity contribution in [3.05, 3.63) is 21.9 Å². The summed E-state index contributed by atoms with van der Waals surface area (Å²) in [5.41, 5.74) is 1.15. The summed E-state index contributed by atoms with van der Waals surface area (Å²) >= 11 is 4.98. The van der Waals surface area contributed by atoms with Crippen LogP contribution in [0.1, 0.15) is 41.9 Å². The number of halogens is 1. The van der Waals surface area contributed by atoms with E-state index in [1.165, 1.54) is 11.3 Å². The number of thiophene rings is 1. The van der Waals surface area contributed by atoms with Crippen LogP contribution in [0.4, 0.5) is 0 Å². The largest absolute Gasteiger partial charge is 0.351 e. The molecule has 0 saturated carbocycles. The second-order valence-electron chi connectivity index (χ2n) is 4.09. The molecule has 1 unspecified atom stereocenters. The highest BCUT2D eigenvalue weighted by Gasteiger charge is 2.13. The Bertz CT molecular complexity index is 351. The van der Waals surface area contributed by atoms with Crippen molar-refractivity contribution in [2.45, 2.75) is 33.1 Å². The number of carbonyl (C=O) groups is 1. The van der Waals surface area contributed by atoms with E-state index in [0.29, 0.717) is 5.92 Å². The van der Waals surface area contributed by atoms with Crippen molar-refractivity contribution in [1.29, 1.82) is 0 Å². The minimum Gasteiger partial charge on any atom is -0.351 e. The maximum Gasteiger partial charge on any atom is 0.261 e. The van der Waals surface area contributed by atoms with Gasteiger partial charge in [-0.15, -0.1) is 11.3 Å². The van der Waals surface area contributed by atoms with Crippen LogP contribution in [0.2, 0.25) is 0 Å². The second kappa shape index (κ2) is 7.88. The van der Waals surface area contributed by atoms with Crippen molar-refractivity contribution in [2.24, 2.45) is 5.92 Å². The third kappa shape index (κ3) is 4.43. The van der Waals surface area contributed by atoms with Crippen molar-refractivity contribution in [3.63, 3.8) is 0 Å². The van der Waals surface area contributed by atoms with Gasteiger partial charge in [0.25, 0.3) is 5.91 Å². The predicted molar refractivity (Wildman–Crippen MR) is 78.2 cm³/mol. The van der Waals surface area contributed by atoms with Gasteiger partial charge >= 0.3 is 0 Å². The fourth-order valence-corrected chi connectivity index (χ4v) is 3.29. The molecule has 1 aromatic heterocycles. The van der Waals surface area contributed by atoms with Crippen molar-refractivity contribution in [3.8, 4) is 0 Å². The molecule has 1 aromatic rings. The van der Waals surface area contributed by atoms with Gasteiger partial charge in [0.05, 0.1) is 4.88 Å². The van der Waals surface area contributed by atoms with E-state index < -0.39 is 0 Å². The highest BCUT2D eigenvalue weighted by molar-refractivity contribution is 9.09. The van der Waals surface area contributed by atoms with Crippen molar-refractivity contribution < 1.29 is 4.79 Å². The molecule has 1 amide bonds. The summed E-state index contributed by atoms with van der Waals surface area (Å²) in [5, 5.41) is 6.04. The lowest BCUT2D eigenvalue weighted by atomic mass is 10.0. The van der Waals surface area contributed by atoms with Crippen LogP contribution in [-0.4, -0.2) is 17.8 Å². The number of amides is 1. The molecule has 4 heteroatoms. The Hall–Kier alpha value is -0.350. The molecule has 17 heavy (non-hydrogen) atoms. The molecule has 0 fully saturated rings. The van der Waals surface area contributed by atoms with Crippen LogP contribution < -0.4 is 5.32 Å². The van der Waals surface area contributed by atoms with Crippen molar-refractivity contribution >= 4 is 33.2 Å². The first-order chi connectivity index (χ1) is 8.22. The molecule has 1 heterocycles. The van der Waals surface area contributed by atoms with Crippen LogP contribution in [0, 0.1) is 5.92 Å². The molecule has 0 aliphatic rings. The molecule has 0 aliphatic carbocycles. The van der Waals surface area contributed by atoms with Crippen LogP contribution >= 0.6 is 27.3 Å². The van der Waals surface area contributed by atoms with Gasteiger partial charge in [0.2, 0.25) is 0 Å². The third-order valence-corrected chi connectivity index (χ3v) is 4.39. The van der Waals surface area contributed by atoms with Gasteiger partial charge in [-0.1, -0.05) is 36.2 Å². The smallest absolute Gasteiger partial charge is 0.261 e. The quantitative estimate of drug-likeness (QED) is 0.760. The topological polar surface area (TPSA) is 29.1 Å². The van der Waals surface area contributed by atoms with E-state index in [1.807, 2.05) is 11.4 Å². The van der Waals surface area contributed by atoms with E-state index in [0.717, 1.165) is 41.6 Å². The lowest BCUT2D eigenvalue weighted by Gasteiger charge is -2.14. The van der Waals surface area contributed by atoms with Crippen molar-refractivity contribution in [1.82, 2.24) is 5.32 Å². The van der Waals surface area contributed by atoms with Gasteiger partial charge in [-0.25, -0.2) is 0 Å². The van der Waals surface area contributed by atoms with Crippen LogP contribution in [0.15, 0.2) is 11.4 Å². The molecule has 0 radical (unpaired) electrons. The maximum atomic E-state index is 12.0. The van der Waals surface area contributed by atoms with E-state index in [1.54, 1.807) is 0 Å². The zero-order valence-corrected chi connectivity index (χ0v) is 12.9. The molecule has 0 aromatic carbocycles. The number of alkyl halides is 1. The number of aryl methyl sites for hydroxylation is 1. The molecule has 0 aliphatic heterocycles. The van der Waals surface area contributed by atoms with E-state index in [-0.39, 0.29) is 5.91 Å². The average molecular weight is 318 g/mol. The first-order valence-corrected chi connectivity index (χ1v) is 8.13. The molecule has 1 rings (SSSR count). The molecular formula is C13H20BrNOS. The second-order valence-corrected chi connectivity index (χ2v) is 5.80. The summed E-state index contributed by atoms with van der Waals surface area (Å²) in [4.78, 5) is 12.9. The SMILES string of the molecule is CCc1ccsc1C(=O)NCC(CC)CCBr. The highest BCUT2D eigenvalue weighted by Crippen LogP contribution is 2.17. The van der Waals surface area contributed by atoms with E-state index in [4.69, 9.17) is 0 Å². The minimum atomic E-state index is 0.0878. The van der Waals surface area contributed by atoms with E-state index >= 15 is 0 Å². The molecule has 1 N–H and O–H groups in total. The first kappa shape index (κ1) is 14.7. The Morgan fingerprint density at radius 3 is 2.88 bits per heavy atom. The molecular weight excluding hydrogens is 298 g/mol. The number of rotatable bonds is 7. The summed E-state index contributed by atoms with van der Waals surface area (Å²) < 4.78 is 0. The van der Waals surface area contributed by atoms with Gasteiger partial charge in [-0.3, -0.25) is 4.79 Å². The normalized spacial score (nSPS) is 12.4. The average Bonchev–Trinajstić information content (AvgIpc) is 2.82. The zero-order chi connectivity index (χ0) is 12.7. The monoisotopic (exact) mass is 317 g/mol. The first-order valence-electron chi connectivity index (χ1n) is 6.13. The van der Waals surface area contributed by atoms with Crippen LogP contribution in [-0.2, 0) is 6.42 Å². The highest BCUT2D eigenvalue weighted by atomic mass is 79.9. The summed E-state index contributed by atoms with van der Waals surface area (Å²) in [6.45, 7) is 5.03. The number of carbonyl (C=O) groups excluding carboxylic acids is 1. The Kier molecular flexibility index (Phi) is 6.82. The number of hydrogen-bond acceptors (Lipinski definition) is 2. The summed E-state index contributed by atoms with van der Waals surface area (Å²) in [5.74, 6) is 0.660. The Balaban J connectivity index is 2.49. The minimum absolute atomic E-state index is 0.0878. The standard InChI is InChI=1S/C13H20BrNOS/c1-3-10(5-7-14)9-15-13(16)12-11(4-2)6-8-17-12/h6,8,10H,3-5,7,9H2,1-2H3,(H,15,16). The fourth-order valence-electron chi connectivity index (χ4n) is 1.74. The van der Waals surface area contributed by atoms with Crippen LogP contribution in [0.5, 0.6) is 0 Å². The lowest BCUT2D eigenvalue weighted by Crippen LogP contribution is -2.29. The summed E-state index contributed by atoms with van der Waals surface area (Å²) in [7, 11) is 0. The summed E-state index contributed by atoms with van der Waals surface area (Å²) in [6, 6.07) is 2.04. The van der Waals surface area contributed by atoms with Gasteiger partial charge in [0, 0.05) is 11.9 Å². The molecule has 96 valence electrons. The Morgan fingerprint density at radius 1 is 1.53 bits per heavy atom. The van der Waals surface area contributed by atoms with Crippen LogP contribution in [0.3, 0.4) is 0 Å². The third-order valence-electron chi connectivity index (χ3n) is 2.98. The Morgan fingerprint density at radius 2 is 2.29 bits per heavy atom. The molecule has 0 spiro atoms. The zero-order valence-electron chi connectivity index (χ0n) is 10.5. The maximum absolute atomic E-state index is 12.0. The fraction of sp³-hybridized carbons (Fsp3) is 0.615. The van der Waals surface area contributed by atoms with Gasteiger partial charge in [0.1, 0.15) is 0 Å². The number of hydrogen-bond donors (Lipinski definition) is 1. The number of nitrogens with one attached hydrogen (secondary N) is 1. The van der Waals surface area contributed by atoms with Gasteiger partial charge < -0.3 is 5.32 Å². The van der Waals surface area contributed by atoms with Gasteiger partial charge in [0.15, 0.2) is 0 Å². The molecule has 0 saturated heterocycles. The van der Waals surface area contributed by atoms with Crippen molar-refractivity contribution in [2.75, 3.05) is 11.9 Å². The molecule has 2 nitrogen and oxygen atoms in total. The van der Waals surface area contributed by atoms with E-state index in [2.05, 4.69) is 35.1 Å². The predicted octanol–water partition coefficient (Wildman–Crippen LogP) is 3.85. The Labute approximate surface area is 116 Å². The molecule has 0 bridgehead atoms. The molecule has 1 atom stereocenters. The van der Waals surface area contributed by atoms with Gasteiger partial charge in [-0.05, 0) is 35.8 Å². The van der Waals surface area contributed by atoms with E-state index in [9.17, 15) is 4.79 Å². The summed E-state index contributed by atoms with van der Waals surface area (Å²) in [6.07, 6.45) is 3.14. The van der Waals surface area contributed by atoms with Crippen LogP contribution in [0.25, 0.3) is 0 Å². The van der Waals surface area contributed by atoms with Gasteiger partial charge in [-0.2, -0.15) is 0 Å².